The second-order valence-corrected chi connectivity index (χ2v) is 7.29. The van der Waals surface area contributed by atoms with E-state index in [0.29, 0.717) is 18.7 Å². The molecule has 6 nitrogen and oxygen atoms in total. The van der Waals surface area contributed by atoms with E-state index in [1.165, 1.54) is 24.3 Å². The summed E-state index contributed by atoms with van der Waals surface area (Å²) in [5, 5.41) is 2.66. The van der Waals surface area contributed by atoms with Gasteiger partial charge in [-0.05, 0) is 31.8 Å². The number of carbonyl (C=O) groups excluding carboxylic acids is 1. The maximum Gasteiger partial charge on any atom is 0.235 e. The molecule has 0 radical (unpaired) electrons. The molecule has 1 amide bonds. The van der Waals surface area contributed by atoms with Gasteiger partial charge in [0.2, 0.25) is 15.9 Å². The molecular weight excluding hydrogens is 309 g/mol. The van der Waals surface area contributed by atoms with Crippen LogP contribution in [0.1, 0.15) is 5.56 Å². The Kier molecular flexibility index (Phi) is 6.92. The molecule has 0 aliphatic carbocycles. The number of rotatable bonds is 8. The first-order chi connectivity index (χ1) is 10.2. The Labute approximate surface area is 131 Å². The van der Waals surface area contributed by atoms with Crippen molar-refractivity contribution >= 4 is 15.9 Å². The first-order valence-corrected chi connectivity index (χ1v) is 8.64. The third kappa shape index (κ3) is 6.97. The number of nitrogens with one attached hydrogen (secondary N) is 1. The fourth-order valence-corrected chi connectivity index (χ4v) is 2.45. The zero-order valence-corrected chi connectivity index (χ0v) is 13.9. The number of halogens is 1. The average Bonchev–Trinajstić information content (AvgIpc) is 2.39. The van der Waals surface area contributed by atoms with Crippen LogP contribution in [0.3, 0.4) is 0 Å². The lowest BCUT2D eigenvalue weighted by Gasteiger charge is -2.20. The monoisotopic (exact) mass is 331 g/mol. The Bertz CT molecular complexity index is 588. The molecule has 0 fully saturated rings. The van der Waals surface area contributed by atoms with E-state index in [1.807, 2.05) is 19.0 Å². The molecule has 22 heavy (non-hydrogen) atoms. The second kappa shape index (κ2) is 8.21. The van der Waals surface area contributed by atoms with Crippen molar-refractivity contribution in [2.45, 2.75) is 6.54 Å². The van der Waals surface area contributed by atoms with Crippen molar-refractivity contribution in [2.24, 2.45) is 0 Å². The Morgan fingerprint density at radius 1 is 1.23 bits per heavy atom. The SMILES string of the molecule is CN(C)CCNC(=O)CN(Cc1ccc(F)cc1)S(C)(=O)=O. The summed E-state index contributed by atoms with van der Waals surface area (Å²) in [6.45, 7) is 0.881. The van der Waals surface area contributed by atoms with Crippen LogP contribution >= 0.6 is 0 Å². The van der Waals surface area contributed by atoms with Crippen LogP contribution in [0.25, 0.3) is 0 Å². The minimum atomic E-state index is -3.54. The zero-order valence-electron chi connectivity index (χ0n) is 13.0. The lowest BCUT2D eigenvalue weighted by atomic mass is 10.2. The van der Waals surface area contributed by atoms with Crippen molar-refractivity contribution in [3.8, 4) is 0 Å². The summed E-state index contributed by atoms with van der Waals surface area (Å²) in [6.07, 6.45) is 1.05. The summed E-state index contributed by atoms with van der Waals surface area (Å²) in [5.74, 6) is -0.759. The van der Waals surface area contributed by atoms with Gasteiger partial charge in [-0.1, -0.05) is 12.1 Å². The van der Waals surface area contributed by atoms with E-state index in [9.17, 15) is 17.6 Å². The highest BCUT2D eigenvalue weighted by Crippen LogP contribution is 2.09. The van der Waals surface area contributed by atoms with Crippen LogP contribution in [0.2, 0.25) is 0 Å². The van der Waals surface area contributed by atoms with Crippen molar-refractivity contribution in [2.75, 3.05) is 40.0 Å². The lowest BCUT2D eigenvalue weighted by Crippen LogP contribution is -2.41. The molecule has 0 aliphatic rings. The number of carbonyl (C=O) groups is 1. The van der Waals surface area contributed by atoms with Gasteiger partial charge in [-0.2, -0.15) is 4.31 Å². The molecule has 1 rings (SSSR count). The topological polar surface area (TPSA) is 69.7 Å². The molecule has 8 heteroatoms. The maximum absolute atomic E-state index is 12.9. The molecule has 1 aromatic rings. The number of benzene rings is 1. The third-order valence-electron chi connectivity index (χ3n) is 2.94. The highest BCUT2D eigenvalue weighted by atomic mass is 32.2. The molecular formula is C14H22FN3O3S. The molecule has 0 spiro atoms. The summed E-state index contributed by atoms with van der Waals surface area (Å²) < 4.78 is 37.5. The fourth-order valence-electron chi connectivity index (χ4n) is 1.72. The first-order valence-electron chi connectivity index (χ1n) is 6.79. The van der Waals surface area contributed by atoms with Gasteiger partial charge in [-0.25, -0.2) is 12.8 Å². The van der Waals surface area contributed by atoms with Crippen LogP contribution in [-0.2, 0) is 21.4 Å². The van der Waals surface area contributed by atoms with Crippen LogP contribution in [0.5, 0.6) is 0 Å². The number of hydrogen-bond acceptors (Lipinski definition) is 4. The van der Waals surface area contributed by atoms with Crippen LogP contribution < -0.4 is 5.32 Å². The lowest BCUT2D eigenvalue weighted by molar-refractivity contribution is -0.121. The van der Waals surface area contributed by atoms with Crippen molar-refractivity contribution in [1.29, 1.82) is 0 Å². The van der Waals surface area contributed by atoms with E-state index < -0.39 is 15.8 Å². The van der Waals surface area contributed by atoms with Crippen LogP contribution in [0.15, 0.2) is 24.3 Å². The molecule has 124 valence electrons. The summed E-state index contributed by atoms with van der Waals surface area (Å²) in [5.41, 5.74) is 0.618. The summed E-state index contributed by atoms with van der Waals surface area (Å²) in [4.78, 5) is 13.7. The van der Waals surface area contributed by atoms with Gasteiger partial charge in [0.05, 0.1) is 12.8 Å². The molecule has 0 saturated heterocycles. The van der Waals surface area contributed by atoms with Crippen LogP contribution in [0.4, 0.5) is 4.39 Å². The van der Waals surface area contributed by atoms with Crippen molar-refractivity contribution in [3.05, 3.63) is 35.6 Å². The van der Waals surface area contributed by atoms with Crippen LogP contribution in [0, 0.1) is 5.82 Å². The van der Waals surface area contributed by atoms with E-state index in [2.05, 4.69) is 5.32 Å². The molecule has 0 aliphatic heterocycles. The average molecular weight is 331 g/mol. The standard InChI is InChI=1S/C14H22FN3O3S/c1-17(2)9-8-16-14(19)11-18(22(3,20)21)10-12-4-6-13(15)7-5-12/h4-7H,8-11H2,1-3H3,(H,16,19). The molecule has 0 heterocycles. The second-order valence-electron chi connectivity index (χ2n) is 5.31. The van der Waals surface area contributed by atoms with Gasteiger partial charge in [0.1, 0.15) is 5.82 Å². The fraction of sp³-hybridized carbons (Fsp3) is 0.500. The van der Waals surface area contributed by atoms with Gasteiger partial charge in [-0.3, -0.25) is 4.79 Å². The number of hydrogen-bond donors (Lipinski definition) is 1. The Hall–Kier alpha value is -1.51. The minimum absolute atomic E-state index is 0.0280. The molecule has 0 saturated carbocycles. The molecule has 0 bridgehead atoms. The van der Waals surface area contributed by atoms with Gasteiger partial charge in [-0.15, -0.1) is 0 Å². The Morgan fingerprint density at radius 3 is 2.32 bits per heavy atom. The summed E-state index contributed by atoms with van der Waals surface area (Å²) >= 11 is 0. The predicted molar refractivity (Wildman–Crippen MR) is 83.2 cm³/mol. The van der Waals surface area contributed by atoms with E-state index in [1.54, 1.807) is 0 Å². The third-order valence-corrected chi connectivity index (χ3v) is 4.14. The maximum atomic E-state index is 12.9. The van der Waals surface area contributed by atoms with Gasteiger partial charge < -0.3 is 10.2 Å². The highest BCUT2D eigenvalue weighted by Gasteiger charge is 2.20. The van der Waals surface area contributed by atoms with Crippen molar-refractivity contribution in [1.82, 2.24) is 14.5 Å². The van der Waals surface area contributed by atoms with Crippen molar-refractivity contribution in [3.63, 3.8) is 0 Å². The van der Waals surface area contributed by atoms with E-state index >= 15 is 0 Å². The summed E-state index contributed by atoms with van der Waals surface area (Å²) in [7, 11) is 0.216. The number of likely N-dealkylation sites (N-methyl/N-ethyl adjacent to an activating group) is 1. The largest absolute Gasteiger partial charge is 0.354 e. The smallest absolute Gasteiger partial charge is 0.235 e. The predicted octanol–water partition coefficient (Wildman–Crippen LogP) is 0.265. The minimum Gasteiger partial charge on any atom is -0.354 e. The van der Waals surface area contributed by atoms with Gasteiger partial charge in [0.25, 0.3) is 0 Å². The molecule has 0 aromatic heterocycles. The zero-order chi connectivity index (χ0) is 16.8. The van der Waals surface area contributed by atoms with Gasteiger partial charge in [0.15, 0.2) is 0 Å². The highest BCUT2D eigenvalue weighted by molar-refractivity contribution is 7.88. The molecule has 0 unspecified atom stereocenters. The molecule has 0 atom stereocenters. The quantitative estimate of drug-likeness (QED) is 0.742. The number of sulfonamides is 1. The van der Waals surface area contributed by atoms with E-state index in [0.717, 1.165) is 10.6 Å². The normalized spacial score (nSPS) is 11.9. The van der Waals surface area contributed by atoms with Crippen LogP contribution in [-0.4, -0.2) is 63.5 Å². The van der Waals surface area contributed by atoms with Gasteiger partial charge in [0, 0.05) is 19.6 Å². The Morgan fingerprint density at radius 2 is 1.82 bits per heavy atom. The van der Waals surface area contributed by atoms with Crippen molar-refractivity contribution < 1.29 is 17.6 Å². The Balaban J connectivity index is 2.65. The number of amides is 1. The first kappa shape index (κ1) is 18.5. The molecule has 1 N–H and O–H groups in total. The summed E-state index contributed by atoms with van der Waals surface area (Å²) in [6, 6.07) is 5.51. The van der Waals surface area contributed by atoms with Gasteiger partial charge >= 0.3 is 0 Å². The van der Waals surface area contributed by atoms with E-state index in [4.69, 9.17) is 0 Å². The van der Waals surface area contributed by atoms with E-state index in [-0.39, 0.29) is 19.0 Å². The number of nitrogens with zero attached hydrogens (tertiary/aromatic N) is 2. The molecule has 1 aromatic carbocycles.